The molecule has 4 nitrogen and oxygen atoms in total. The van der Waals surface area contributed by atoms with Gasteiger partial charge in [0, 0.05) is 18.3 Å². The SMILES string of the molecule is CCCC12CCC3C(CCC4C3(C)CC[C@H]3C(C)(C)C(OC5=CC(C)(C(=O)O)C5)CCC43C)C1=C(C(C)C)C(=O)C2. The number of ketones is 1. The summed E-state index contributed by atoms with van der Waals surface area (Å²) in [7, 11) is 0. The van der Waals surface area contributed by atoms with E-state index in [1.807, 2.05) is 6.08 Å². The summed E-state index contributed by atoms with van der Waals surface area (Å²) in [5.74, 6) is 3.56. The van der Waals surface area contributed by atoms with Crippen molar-refractivity contribution in [2.75, 3.05) is 0 Å². The van der Waals surface area contributed by atoms with Gasteiger partial charge >= 0.3 is 5.97 Å². The summed E-state index contributed by atoms with van der Waals surface area (Å²) in [6, 6.07) is 0. The maximum absolute atomic E-state index is 13.5. The van der Waals surface area contributed by atoms with Gasteiger partial charge in [-0.3, -0.25) is 9.59 Å². The number of rotatable bonds is 6. The van der Waals surface area contributed by atoms with Crippen LogP contribution in [0.15, 0.2) is 23.0 Å². The van der Waals surface area contributed by atoms with E-state index < -0.39 is 11.4 Å². The number of carboxylic acids is 1. The summed E-state index contributed by atoms with van der Waals surface area (Å²) >= 11 is 0. The first kappa shape index (κ1) is 29.5. The molecule has 0 aromatic heterocycles. The van der Waals surface area contributed by atoms with Gasteiger partial charge in [-0.2, -0.15) is 0 Å². The molecule has 4 heteroatoms. The molecule has 0 saturated heterocycles. The van der Waals surface area contributed by atoms with Gasteiger partial charge in [-0.05, 0) is 122 Å². The van der Waals surface area contributed by atoms with Crippen molar-refractivity contribution >= 4 is 11.8 Å². The molecule has 0 aromatic rings. The fraction of sp³-hybridized carbons (Fsp3) is 0.838. The van der Waals surface area contributed by atoms with Gasteiger partial charge in [-0.1, -0.05) is 60.5 Å². The van der Waals surface area contributed by atoms with Gasteiger partial charge in [0.1, 0.15) is 6.10 Å². The van der Waals surface area contributed by atoms with Crippen LogP contribution >= 0.6 is 0 Å². The first-order chi connectivity index (χ1) is 19.1. The minimum absolute atomic E-state index is 0.0509. The van der Waals surface area contributed by atoms with Gasteiger partial charge < -0.3 is 9.84 Å². The zero-order valence-corrected chi connectivity index (χ0v) is 27.2. The number of ether oxygens (including phenoxy) is 1. The molecule has 0 spiro atoms. The highest BCUT2D eigenvalue weighted by molar-refractivity contribution is 6.00. The van der Waals surface area contributed by atoms with E-state index in [2.05, 4.69) is 48.5 Å². The Morgan fingerprint density at radius 2 is 1.63 bits per heavy atom. The first-order valence-electron chi connectivity index (χ1n) is 17.0. The van der Waals surface area contributed by atoms with Crippen molar-refractivity contribution in [1.82, 2.24) is 0 Å². The maximum atomic E-state index is 13.5. The number of carbonyl (C=O) groups excluding carboxylic acids is 1. The molecule has 228 valence electrons. The number of allylic oxidation sites excluding steroid dienone is 3. The van der Waals surface area contributed by atoms with Crippen LogP contribution in [0.3, 0.4) is 0 Å². The fourth-order valence-electron chi connectivity index (χ4n) is 12.5. The predicted octanol–water partition coefficient (Wildman–Crippen LogP) is 9.14. The summed E-state index contributed by atoms with van der Waals surface area (Å²) in [5.41, 5.74) is 2.94. The molecule has 6 aliphatic carbocycles. The summed E-state index contributed by atoms with van der Waals surface area (Å²) < 4.78 is 6.61. The minimum atomic E-state index is -0.766. The van der Waals surface area contributed by atoms with Crippen molar-refractivity contribution in [3.8, 4) is 0 Å². The van der Waals surface area contributed by atoms with E-state index in [-0.39, 0.29) is 16.9 Å². The third kappa shape index (κ3) is 4.03. The molecule has 9 atom stereocenters. The molecule has 1 N–H and O–H groups in total. The van der Waals surface area contributed by atoms with Gasteiger partial charge in [0.05, 0.1) is 11.2 Å². The number of fused-ring (bicyclic) bond motifs is 7. The second-order valence-corrected chi connectivity index (χ2v) is 17.1. The van der Waals surface area contributed by atoms with Crippen molar-refractivity contribution in [2.24, 2.45) is 56.7 Å². The zero-order valence-electron chi connectivity index (χ0n) is 27.2. The Morgan fingerprint density at radius 3 is 2.27 bits per heavy atom. The van der Waals surface area contributed by atoms with Crippen LogP contribution in [0.4, 0.5) is 0 Å². The Labute approximate surface area is 249 Å². The Bertz CT molecular complexity index is 1190. The lowest BCUT2D eigenvalue weighted by molar-refractivity contribution is -0.207. The molecule has 4 fully saturated rings. The fourth-order valence-corrected chi connectivity index (χ4v) is 12.5. The van der Waals surface area contributed by atoms with Crippen molar-refractivity contribution in [3.63, 3.8) is 0 Å². The molecular formula is C37H56O4. The summed E-state index contributed by atoms with van der Waals surface area (Å²) in [6.07, 6.45) is 15.5. The summed E-state index contributed by atoms with van der Waals surface area (Å²) in [6.45, 7) is 18.8. The number of hydrogen-bond donors (Lipinski definition) is 1. The molecule has 4 saturated carbocycles. The van der Waals surface area contributed by atoms with Crippen molar-refractivity contribution in [1.29, 1.82) is 0 Å². The second kappa shape index (κ2) is 9.46. The van der Waals surface area contributed by atoms with Gasteiger partial charge in [0.15, 0.2) is 5.78 Å². The van der Waals surface area contributed by atoms with Crippen LogP contribution in [0.2, 0.25) is 0 Å². The van der Waals surface area contributed by atoms with Crippen LogP contribution in [-0.4, -0.2) is 23.0 Å². The molecule has 41 heavy (non-hydrogen) atoms. The molecular weight excluding hydrogens is 508 g/mol. The van der Waals surface area contributed by atoms with E-state index in [9.17, 15) is 14.7 Å². The van der Waals surface area contributed by atoms with Crippen molar-refractivity contribution in [3.05, 3.63) is 23.0 Å². The highest BCUT2D eigenvalue weighted by Gasteiger charge is 2.66. The van der Waals surface area contributed by atoms with Crippen LogP contribution in [0.25, 0.3) is 0 Å². The van der Waals surface area contributed by atoms with E-state index in [4.69, 9.17) is 4.74 Å². The monoisotopic (exact) mass is 564 g/mol. The zero-order chi connectivity index (χ0) is 29.8. The van der Waals surface area contributed by atoms with Gasteiger partial charge in [-0.15, -0.1) is 0 Å². The quantitative estimate of drug-likeness (QED) is 0.349. The molecule has 0 bridgehead atoms. The average molecular weight is 565 g/mol. The first-order valence-corrected chi connectivity index (χ1v) is 17.0. The Morgan fingerprint density at radius 1 is 0.951 bits per heavy atom. The standard InChI is InChI=1S/C37H56O4/c1-9-15-37-18-12-25-24(31(37)30(22(2)3)26(38)21-37)10-11-28-35(25,7)16-13-27-33(4,5)29(14-17-36(27,28)8)41-23-19-34(6,20-23)32(39)40/h19,22,24-25,27-29H,9-18,20-21H2,1-8H3,(H,39,40)/t24?,25?,27-,28?,29?,34?,35?,36?,37?/m0/s1. The average Bonchev–Trinajstić information content (AvgIpc) is 3.16. The normalized spacial score (nSPS) is 46.6. The number of hydrogen-bond acceptors (Lipinski definition) is 3. The largest absolute Gasteiger partial charge is 0.494 e. The van der Waals surface area contributed by atoms with E-state index in [0.717, 1.165) is 18.6 Å². The number of Topliss-reactive ketones (excluding diaryl/α,β-unsaturated/α-hetero) is 1. The highest BCUT2D eigenvalue weighted by Crippen LogP contribution is 2.73. The van der Waals surface area contributed by atoms with Crippen molar-refractivity contribution in [2.45, 2.75) is 139 Å². The van der Waals surface area contributed by atoms with Crippen LogP contribution < -0.4 is 0 Å². The Balaban J connectivity index is 1.28. The van der Waals surface area contributed by atoms with Crippen LogP contribution in [-0.2, 0) is 14.3 Å². The molecule has 0 amide bonds. The topological polar surface area (TPSA) is 63.6 Å². The number of carbonyl (C=O) groups is 2. The van der Waals surface area contributed by atoms with Crippen LogP contribution in [0.1, 0.15) is 132 Å². The van der Waals surface area contributed by atoms with Crippen LogP contribution in [0, 0.1) is 56.7 Å². The number of aliphatic carboxylic acids is 1. The Kier molecular flexibility index (Phi) is 6.80. The predicted molar refractivity (Wildman–Crippen MR) is 163 cm³/mol. The highest BCUT2D eigenvalue weighted by atomic mass is 16.5. The lowest BCUT2D eigenvalue weighted by atomic mass is 9.36. The molecule has 6 aliphatic rings. The van der Waals surface area contributed by atoms with E-state index in [0.29, 0.717) is 52.6 Å². The van der Waals surface area contributed by atoms with Gasteiger partial charge in [0.2, 0.25) is 0 Å². The molecule has 0 radical (unpaired) electrons. The maximum Gasteiger partial charge on any atom is 0.313 e. The minimum Gasteiger partial charge on any atom is -0.494 e. The molecule has 8 unspecified atom stereocenters. The van der Waals surface area contributed by atoms with Gasteiger partial charge in [-0.25, -0.2) is 0 Å². The van der Waals surface area contributed by atoms with Crippen LogP contribution in [0.5, 0.6) is 0 Å². The van der Waals surface area contributed by atoms with E-state index >= 15 is 0 Å². The lowest BCUT2D eigenvalue weighted by Crippen LogP contribution is -2.62. The second-order valence-electron chi connectivity index (χ2n) is 17.1. The summed E-state index contributed by atoms with van der Waals surface area (Å²) in [5, 5.41) is 9.55. The lowest BCUT2D eigenvalue weighted by Gasteiger charge is -2.69. The van der Waals surface area contributed by atoms with Gasteiger partial charge in [0.25, 0.3) is 0 Å². The molecule has 6 rings (SSSR count). The van der Waals surface area contributed by atoms with E-state index in [1.54, 1.807) is 12.5 Å². The molecule has 0 aliphatic heterocycles. The molecule has 0 heterocycles. The third-order valence-corrected chi connectivity index (χ3v) is 14.2. The van der Waals surface area contributed by atoms with Crippen molar-refractivity contribution < 1.29 is 19.4 Å². The number of carboxylic acid groups (broad SMARTS) is 1. The molecule has 0 aromatic carbocycles. The smallest absolute Gasteiger partial charge is 0.313 e. The summed E-state index contributed by atoms with van der Waals surface area (Å²) in [4.78, 5) is 25.1. The van der Waals surface area contributed by atoms with E-state index in [1.165, 1.54) is 63.4 Å². The third-order valence-electron chi connectivity index (χ3n) is 14.2. The Hall–Kier alpha value is -1.58.